The maximum absolute atomic E-state index is 12.1. The average Bonchev–Trinajstić information content (AvgIpc) is 2.97. The van der Waals surface area contributed by atoms with Gasteiger partial charge in [-0.1, -0.05) is 11.3 Å². The van der Waals surface area contributed by atoms with E-state index < -0.39 is 0 Å². The second kappa shape index (κ2) is 7.48. The van der Waals surface area contributed by atoms with Gasteiger partial charge in [-0.05, 0) is 56.7 Å². The summed E-state index contributed by atoms with van der Waals surface area (Å²) in [6, 6.07) is 9.15. The van der Waals surface area contributed by atoms with Gasteiger partial charge in [-0.15, -0.1) is 0 Å². The minimum Gasteiger partial charge on any atom is -0.494 e. The van der Waals surface area contributed by atoms with Gasteiger partial charge in [0, 0.05) is 5.69 Å². The molecule has 0 aliphatic heterocycles. The highest BCUT2D eigenvalue weighted by molar-refractivity contribution is 7.22. The fourth-order valence-electron chi connectivity index (χ4n) is 2.38. The lowest BCUT2D eigenvalue weighted by molar-refractivity contribution is -0.118. The number of ether oxygens (including phenoxy) is 2. The Kier molecular flexibility index (Phi) is 5.14. The molecule has 130 valence electrons. The molecule has 1 amide bonds. The van der Waals surface area contributed by atoms with Crippen LogP contribution in [-0.4, -0.2) is 29.1 Å². The molecule has 25 heavy (non-hydrogen) atoms. The molecule has 0 saturated carbocycles. The Hall–Kier alpha value is -2.67. The summed E-state index contributed by atoms with van der Waals surface area (Å²) in [6.07, 6.45) is 0. The number of anilines is 1. The molecule has 2 aromatic heterocycles. The smallest absolute Gasteiger partial charge is 0.264 e. The number of benzene rings is 1. The number of pyridine rings is 1. The molecule has 7 heteroatoms. The SMILES string of the molecule is CCOc1ccc(OCC(=O)Nc2nc3nc(C)cc(C)c3s2)cc1. The molecule has 0 unspecified atom stereocenters. The van der Waals surface area contributed by atoms with E-state index in [-0.39, 0.29) is 12.5 Å². The highest BCUT2D eigenvalue weighted by Gasteiger charge is 2.11. The van der Waals surface area contributed by atoms with Crippen molar-refractivity contribution in [1.29, 1.82) is 0 Å². The van der Waals surface area contributed by atoms with E-state index in [0.717, 1.165) is 21.7 Å². The van der Waals surface area contributed by atoms with Crippen LogP contribution in [0.3, 0.4) is 0 Å². The monoisotopic (exact) mass is 357 g/mol. The Morgan fingerprint density at radius 1 is 1.12 bits per heavy atom. The third-order valence-corrected chi connectivity index (χ3v) is 4.52. The van der Waals surface area contributed by atoms with Crippen LogP contribution in [0.5, 0.6) is 11.5 Å². The van der Waals surface area contributed by atoms with Crippen molar-refractivity contribution in [2.75, 3.05) is 18.5 Å². The summed E-state index contributed by atoms with van der Waals surface area (Å²) in [5, 5.41) is 3.28. The van der Waals surface area contributed by atoms with Crippen molar-refractivity contribution in [1.82, 2.24) is 9.97 Å². The van der Waals surface area contributed by atoms with E-state index in [1.807, 2.05) is 26.8 Å². The zero-order chi connectivity index (χ0) is 17.8. The number of hydrogen-bond acceptors (Lipinski definition) is 6. The lowest BCUT2D eigenvalue weighted by atomic mass is 10.2. The number of rotatable bonds is 6. The zero-order valence-corrected chi connectivity index (χ0v) is 15.1. The molecule has 0 spiro atoms. The summed E-state index contributed by atoms with van der Waals surface area (Å²) in [4.78, 5) is 20.8. The number of carbonyl (C=O) groups excluding carboxylic acids is 1. The van der Waals surface area contributed by atoms with E-state index in [9.17, 15) is 4.79 Å². The van der Waals surface area contributed by atoms with Crippen LogP contribution in [0.2, 0.25) is 0 Å². The van der Waals surface area contributed by atoms with Crippen LogP contribution >= 0.6 is 11.3 Å². The van der Waals surface area contributed by atoms with E-state index in [4.69, 9.17) is 9.47 Å². The summed E-state index contributed by atoms with van der Waals surface area (Å²) >= 11 is 1.41. The quantitative estimate of drug-likeness (QED) is 0.728. The van der Waals surface area contributed by atoms with Gasteiger partial charge in [0.05, 0.1) is 11.3 Å². The summed E-state index contributed by atoms with van der Waals surface area (Å²) in [5.41, 5.74) is 2.67. The summed E-state index contributed by atoms with van der Waals surface area (Å²) < 4.78 is 11.8. The molecule has 2 heterocycles. The molecule has 0 aliphatic carbocycles. The van der Waals surface area contributed by atoms with Crippen molar-refractivity contribution in [2.45, 2.75) is 20.8 Å². The lowest BCUT2D eigenvalue weighted by Gasteiger charge is -2.07. The largest absolute Gasteiger partial charge is 0.494 e. The first-order chi connectivity index (χ1) is 12.0. The first-order valence-corrected chi connectivity index (χ1v) is 8.77. The number of hydrogen-bond donors (Lipinski definition) is 1. The van der Waals surface area contributed by atoms with Crippen LogP contribution in [0.15, 0.2) is 30.3 Å². The number of aryl methyl sites for hydroxylation is 2. The number of carbonyl (C=O) groups is 1. The fourth-order valence-corrected chi connectivity index (χ4v) is 3.27. The van der Waals surface area contributed by atoms with E-state index in [2.05, 4.69) is 15.3 Å². The van der Waals surface area contributed by atoms with Crippen molar-refractivity contribution >= 4 is 32.7 Å². The highest BCUT2D eigenvalue weighted by Crippen LogP contribution is 2.28. The predicted octanol–water partition coefficient (Wildman–Crippen LogP) is 3.72. The van der Waals surface area contributed by atoms with Crippen molar-refractivity contribution in [3.63, 3.8) is 0 Å². The third kappa shape index (κ3) is 4.24. The van der Waals surface area contributed by atoms with Crippen LogP contribution in [0.4, 0.5) is 5.13 Å². The van der Waals surface area contributed by atoms with Gasteiger partial charge in [0.25, 0.3) is 5.91 Å². The van der Waals surface area contributed by atoms with Gasteiger partial charge in [-0.25, -0.2) is 4.98 Å². The molecule has 0 bridgehead atoms. The normalized spacial score (nSPS) is 10.7. The maximum atomic E-state index is 12.1. The van der Waals surface area contributed by atoms with Gasteiger partial charge < -0.3 is 9.47 Å². The number of thiazole rings is 1. The van der Waals surface area contributed by atoms with E-state index in [1.54, 1.807) is 24.3 Å². The molecule has 0 fully saturated rings. The summed E-state index contributed by atoms with van der Waals surface area (Å²) in [5.74, 6) is 1.12. The molecule has 6 nitrogen and oxygen atoms in total. The van der Waals surface area contributed by atoms with Gasteiger partial charge >= 0.3 is 0 Å². The number of nitrogens with zero attached hydrogens (tertiary/aromatic N) is 2. The van der Waals surface area contributed by atoms with E-state index in [1.165, 1.54) is 11.3 Å². The summed E-state index contributed by atoms with van der Waals surface area (Å²) in [6.45, 7) is 6.38. The minimum absolute atomic E-state index is 0.0880. The molecule has 0 atom stereocenters. The second-order valence-corrected chi connectivity index (χ2v) is 6.49. The van der Waals surface area contributed by atoms with E-state index >= 15 is 0 Å². The number of amides is 1. The average molecular weight is 357 g/mol. The molecule has 3 rings (SSSR count). The Morgan fingerprint density at radius 2 is 1.80 bits per heavy atom. The molecule has 0 radical (unpaired) electrons. The van der Waals surface area contributed by atoms with Crippen LogP contribution in [0.1, 0.15) is 18.2 Å². The van der Waals surface area contributed by atoms with Crippen LogP contribution in [-0.2, 0) is 4.79 Å². The minimum atomic E-state index is -0.262. The standard InChI is InChI=1S/C18H19N3O3S/c1-4-23-13-5-7-14(8-6-13)24-10-15(22)20-18-21-17-16(25-18)11(2)9-12(3)19-17/h5-9H,4,10H2,1-3H3,(H,19,20,21,22). The third-order valence-electron chi connectivity index (χ3n) is 3.43. The van der Waals surface area contributed by atoms with Crippen molar-refractivity contribution < 1.29 is 14.3 Å². The Bertz CT molecular complexity index is 890. The number of fused-ring (bicyclic) bond motifs is 1. The van der Waals surface area contributed by atoms with Gasteiger partial charge in [-0.3, -0.25) is 10.1 Å². The van der Waals surface area contributed by atoms with Gasteiger partial charge in [0.15, 0.2) is 17.4 Å². The van der Waals surface area contributed by atoms with Crippen molar-refractivity contribution in [3.8, 4) is 11.5 Å². The number of nitrogens with one attached hydrogen (secondary N) is 1. The van der Waals surface area contributed by atoms with E-state index in [0.29, 0.717) is 23.1 Å². The molecule has 3 aromatic rings. The molecular formula is C18H19N3O3S. The zero-order valence-electron chi connectivity index (χ0n) is 14.3. The van der Waals surface area contributed by atoms with Crippen LogP contribution < -0.4 is 14.8 Å². The molecule has 1 aromatic carbocycles. The molecule has 0 saturated heterocycles. The summed E-state index contributed by atoms with van der Waals surface area (Å²) in [7, 11) is 0. The number of aromatic nitrogens is 2. The van der Waals surface area contributed by atoms with Crippen molar-refractivity contribution in [2.24, 2.45) is 0 Å². The second-order valence-electron chi connectivity index (χ2n) is 5.49. The topological polar surface area (TPSA) is 73.3 Å². The van der Waals surface area contributed by atoms with Gasteiger partial charge in [0.1, 0.15) is 11.5 Å². The maximum Gasteiger partial charge on any atom is 0.264 e. The molecule has 0 aliphatic rings. The van der Waals surface area contributed by atoms with Gasteiger partial charge in [0.2, 0.25) is 0 Å². The fraction of sp³-hybridized carbons (Fsp3) is 0.278. The predicted molar refractivity (Wildman–Crippen MR) is 98.6 cm³/mol. The Balaban J connectivity index is 1.60. The first kappa shape index (κ1) is 17.2. The molecule has 1 N–H and O–H groups in total. The molecular weight excluding hydrogens is 338 g/mol. The first-order valence-electron chi connectivity index (χ1n) is 7.95. The van der Waals surface area contributed by atoms with Gasteiger partial charge in [-0.2, -0.15) is 4.98 Å². The Morgan fingerprint density at radius 3 is 2.48 bits per heavy atom. The van der Waals surface area contributed by atoms with Crippen LogP contribution in [0.25, 0.3) is 10.3 Å². The Labute approximate surface area is 149 Å². The highest BCUT2D eigenvalue weighted by atomic mass is 32.1. The van der Waals surface area contributed by atoms with Crippen LogP contribution in [0, 0.1) is 13.8 Å². The van der Waals surface area contributed by atoms with Crippen molar-refractivity contribution in [3.05, 3.63) is 41.6 Å². The lowest BCUT2D eigenvalue weighted by Crippen LogP contribution is -2.20.